The number of carbonyl (C=O) groups is 1. The first-order valence-electron chi connectivity index (χ1n) is 6.43. The molecule has 1 amide bonds. The molecule has 0 aromatic heterocycles. The van der Waals surface area contributed by atoms with Gasteiger partial charge in [0.2, 0.25) is 5.91 Å². The smallest absolute Gasteiger partial charge is 0.226 e. The van der Waals surface area contributed by atoms with Gasteiger partial charge in [0, 0.05) is 12.5 Å². The minimum atomic E-state index is -0.319. The fourth-order valence-corrected chi connectivity index (χ4v) is 2.22. The topological polar surface area (TPSA) is 55.1 Å². The fourth-order valence-electron chi connectivity index (χ4n) is 1.94. The van der Waals surface area contributed by atoms with Crippen molar-refractivity contribution in [3.63, 3.8) is 0 Å². The predicted octanol–water partition coefficient (Wildman–Crippen LogP) is 3.68. The zero-order valence-electron chi connectivity index (χ0n) is 11.3. The maximum atomic E-state index is 12.0. The van der Waals surface area contributed by atoms with Crippen molar-refractivity contribution in [3.05, 3.63) is 64.7 Å². The summed E-state index contributed by atoms with van der Waals surface area (Å²) < 4.78 is 0. The van der Waals surface area contributed by atoms with Gasteiger partial charge in [-0.2, -0.15) is 0 Å². The Balaban J connectivity index is 1.99. The third-order valence-electron chi connectivity index (χ3n) is 3.03. The van der Waals surface area contributed by atoms with Crippen molar-refractivity contribution in [3.8, 4) is 0 Å². The van der Waals surface area contributed by atoms with Crippen molar-refractivity contribution < 1.29 is 4.79 Å². The predicted molar refractivity (Wildman–Crippen MR) is 82.8 cm³/mol. The van der Waals surface area contributed by atoms with E-state index in [9.17, 15) is 4.79 Å². The summed E-state index contributed by atoms with van der Waals surface area (Å²) in [5.41, 5.74) is 8.62. The molecule has 4 heteroatoms. The second-order valence-corrected chi connectivity index (χ2v) is 5.16. The Kier molecular flexibility index (Phi) is 4.77. The monoisotopic (exact) mass is 288 g/mol. The standard InChI is InChI=1S/C16H17ClN2O/c1-11-7-8-15(13(17)9-11)19-16(20)10-14(18)12-5-3-2-4-6-12/h2-9,14H,10,18H2,1H3,(H,19,20). The van der Waals surface area contributed by atoms with Crippen LogP contribution in [0, 0.1) is 6.92 Å². The van der Waals surface area contributed by atoms with E-state index in [1.807, 2.05) is 49.4 Å². The summed E-state index contributed by atoms with van der Waals surface area (Å²) >= 11 is 6.08. The molecule has 2 aromatic rings. The van der Waals surface area contributed by atoms with E-state index in [-0.39, 0.29) is 18.4 Å². The molecule has 0 bridgehead atoms. The van der Waals surface area contributed by atoms with E-state index in [2.05, 4.69) is 5.32 Å². The molecule has 0 heterocycles. The van der Waals surface area contributed by atoms with Gasteiger partial charge in [-0.1, -0.05) is 48.0 Å². The summed E-state index contributed by atoms with van der Waals surface area (Å²) in [5.74, 6) is -0.146. The second-order valence-electron chi connectivity index (χ2n) is 4.75. The molecule has 1 unspecified atom stereocenters. The van der Waals surface area contributed by atoms with Crippen LogP contribution in [0.1, 0.15) is 23.6 Å². The number of carbonyl (C=O) groups excluding carboxylic acids is 1. The van der Waals surface area contributed by atoms with Gasteiger partial charge in [0.25, 0.3) is 0 Å². The van der Waals surface area contributed by atoms with Gasteiger partial charge in [-0.25, -0.2) is 0 Å². The van der Waals surface area contributed by atoms with Crippen LogP contribution in [0.2, 0.25) is 5.02 Å². The third kappa shape index (κ3) is 3.83. The van der Waals surface area contributed by atoms with E-state index in [0.29, 0.717) is 10.7 Å². The van der Waals surface area contributed by atoms with Gasteiger partial charge in [-0.15, -0.1) is 0 Å². The number of benzene rings is 2. The Morgan fingerprint density at radius 2 is 1.95 bits per heavy atom. The number of rotatable bonds is 4. The van der Waals surface area contributed by atoms with Crippen molar-refractivity contribution in [2.45, 2.75) is 19.4 Å². The highest BCUT2D eigenvalue weighted by atomic mass is 35.5. The Hall–Kier alpha value is -1.84. The maximum Gasteiger partial charge on any atom is 0.226 e. The van der Waals surface area contributed by atoms with E-state index < -0.39 is 0 Å². The number of nitrogens with two attached hydrogens (primary N) is 1. The van der Waals surface area contributed by atoms with Crippen LogP contribution in [-0.2, 0) is 4.79 Å². The molecule has 0 aliphatic heterocycles. The van der Waals surface area contributed by atoms with Crippen LogP contribution in [0.5, 0.6) is 0 Å². The third-order valence-corrected chi connectivity index (χ3v) is 3.34. The van der Waals surface area contributed by atoms with Crippen molar-refractivity contribution in [1.29, 1.82) is 0 Å². The van der Waals surface area contributed by atoms with Crippen LogP contribution >= 0.6 is 11.6 Å². The number of hydrogen-bond acceptors (Lipinski definition) is 2. The first kappa shape index (κ1) is 14.6. The number of anilines is 1. The van der Waals surface area contributed by atoms with Gasteiger partial charge in [0.05, 0.1) is 10.7 Å². The largest absolute Gasteiger partial charge is 0.325 e. The lowest BCUT2D eigenvalue weighted by Crippen LogP contribution is -2.20. The molecule has 0 saturated carbocycles. The van der Waals surface area contributed by atoms with Gasteiger partial charge in [0.15, 0.2) is 0 Å². The lowest BCUT2D eigenvalue weighted by Gasteiger charge is -2.13. The van der Waals surface area contributed by atoms with Gasteiger partial charge in [-0.05, 0) is 30.2 Å². The first-order valence-corrected chi connectivity index (χ1v) is 6.80. The quantitative estimate of drug-likeness (QED) is 0.902. The Morgan fingerprint density at radius 3 is 2.60 bits per heavy atom. The average Bonchev–Trinajstić information content (AvgIpc) is 2.43. The molecule has 1 atom stereocenters. The zero-order valence-corrected chi connectivity index (χ0v) is 12.0. The average molecular weight is 289 g/mol. The van der Waals surface area contributed by atoms with Crippen LogP contribution in [-0.4, -0.2) is 5.91 Å². The van der Waals surface area contributed by atoms with Crippen molar-refractivity contribution >= 4 is 23.2 Å². The molecule has 104 valence electrons. The molecule has 0 fully saturated rings. The summed E-state index contributed by atoms with van der Waals surface area (Å²) in [6, 6.07) is 14.8. The minimum absolute atomic E-state index is 0.146. The highest BCUT2D eigenvalue weighted by Crippen LogP contribution is 2.23. The number of amides is 1. The molecule has 0 aliphatic carbocycles. The Bertz CT molecular complexity index is 599. The van der Waals surface area contributed by atoms with E-state index in [4.69, 9.17) is 17.3 Å². The van der Waals surface area contributed by atoms with Crippen LogP contribution in [0.15, 0.2) is 48.5 Å². The van der Waals surface area contributed by atoms with Crippen molar-refractivity contribution in [2.75, 3.05) is 5.32 Å². The molecule has 2 rings (SSSR count). The van der Waals surface area contributed by atoms with Crippen LogP contribution in [0.25, 0.3) is 0 Å². The molecule has 0 radical (unpaired) electrons. The van der Waals surface area contributed by atoms with Crippen LogP contribution < -0.4 is 11.1 Å². The van der Waals surface area contributed by atoms with Crippen LogP contribution in [0.3, 0.4) is 0 Å². The van der Waals surface area contributed by atoms with Gasteiger partial charge in [-0.3, -0.25) is 4.79 Å². The number of hydrogen-bond donors (Lipinski definition) is 2. The fraction of sp³-hybridized carbons (Fsp3) is 0.188. The summed E-state index contributed by atoms with van der Waals surface area (Å²) in [5, 5.41) is 3.32. The molecule has 0 aliphatic rings. The number of halogens is 1. The molecule has 3 nitrogen and oxygen atoms in total. The molecule has 3 N–H and O–H groups in total. The van der Waals surface area contributed by atoms with Gasteiger partial charge >= 0.3 is 0 Å². The number of nitrogens with one attached hydrogen (secondary N) is 1. The molecule has 0 saturated heterocycles. The molecule has 0 spiro atoms. The normalized spacial score (nSPS) is 11.9. The molecule has 20 heavy (non-hydrogen) atoms. The first-order chi connectivity index (χ1) is 9.56. The Labute approximate surface area is 123 Å². The van der Waals surface area contributed by atoms with Gasteiger partial charge < -0.3 is 11.1 Å². The van der Waals surface area contributed by atoms with Crippen molar-refractivity contribution in [1.82, 2.24) is 0 Å². The van der Waals surface area contributed by atoms with E-state index in [0.717, 1.165) is 11.1 Å². The van der Waals surface area contributed by atoms with Crippen LogP contribution in [0.4, 0.5) is 5.69 Å². The van der Waals surface area contributed by atoms with E-state index in [1.165, 1.54) is 0 Å². The molecular weight excluding hydrogens is 272 g/mol. The summed E-state index contributed by atoms with van der Waals surface area (Å²) in [6.45, 7) is 1.95. The summed E-state index contributed by atoms with van der Waals surface area (Å²) in [4.78, 5) is 12.0. The van der Waals surface area contributed by atoms with Gasteiger partial charge in [0.1, 0.15) is 0 Å². The lowest BCUT2D eigenvalue weighted by atomic mass is 10.0. The number of aryl methyl sites for hydroxylation is 1. The Morgan fingerprint density at radius 1 is 1.25 bits per heavy atom. The maximum absolute atomic E-state index is 12.0. The molecular formula is C16H17ClN2O. The highest BCUT2D eigenvalue weighted by molar-refractivity contribution is 6.33. The van der Waals surface area contributed by atoms with E-state index >= 15 is 0 Å². The second kappa shape index (κ2) is 6.55. The van der Waals surface area contributed by atoms with E-state index in [1.54, 1.807) is 6.07 Å². The summed E-state index contributed by atoms with van der Waals surface area (Å²) in [6.07, 6.45) is 0.216. The molecule has 2 aromatic carbocycles. The zero-order chi connectivity index (χ0) is 14.5. The minimum Gasteiger partial charge on any atom is -0.325 e. The highest BCUT2D eigenvalue weighted by Gasteiger charge is 2.12. The SMILES string of the molecule is Cc1ccc(NC(=O)CC(N)c2ccccc2)c(Cl)c1. The summed E-state index contributed by atoms with van der Waals surface area (Å²) in [7, 11) is 0. The lowest BCUT2D eigenvalue weighted by molar-refractivity contribution is -0.116. The van der Waals surface area contributed by atoms with Crippen molar-refractivity contribution in [2.24, 2.45) is 5.73 Å².